The Labute approximate surface area is 162 Å². The van der Waals surface area contributed by atoms with E-state index in [2.05, 4.69) is 43.3 Å². The van der Waals surface area contributed by atoms with E-state index in [0.717, 1.165) is 17.0 Å². The number of para-hydroxylation sites is 1. The molecule has 0 fully saturated rings. The van der Waals surface area contributed by atoms with Crippen molar-refractivity contribution < 1.29 is 4.74 Å². The molecule has 27 heavy (non-hydrogen) atoms. The fraction of sp³-hybridized carbons (Fsp3) is 0.208. The average Bonchev–Trinajstić information content (AvgIpc) is 3.28. The lowest BCUT2D eigenvalue weighted by Crippen LogP contribution is -2.09. The summed E-state index contributed by atoms with van der Waals surface area (Å²) in [5.41, 5.74) is 8.87. The Morgan fingerprint density at radius 3 is 2.70 bits per heavy atom. The van der Waals surface area contributed by atoms with Gasteiger partial charge in [0, 0.05) is 27.0 Å². The van der Waals surface area contributed by atoms with E-state index in [4.69, 9.17) is 9.72 Å². The van der Waals surface area contributed by atoms with Gasteiger partial charge in [-0.1, -0.05) is 42.0 Å². The quantitative estimate of drug-likeness (QED) is 0.392. The summed E-state index contributed by atoms with van der Waals surface area (Å²) in [4.78, 5) is 7.88. The zero-order chi connectivity index (χ0) is 18.0. The van der Waals surface area contributed by atoms with E-state index >= 15 is 0 Å². The van der Waals surface area contributed by atoms with Gasteiger partial charge in [-0.25, -0.2) is 4.98 Å². The van der Waals surface area contributed by atoms with Crippen LogP contribution in [-0.4, -0.2) is 4.98 Å². The molecule has 0 N–H and O–H groups in total. The molecule has 0 saturated carbocycles. The fourth-order valence-corrected chi connectivity index (χ4v) is 5.78. The fourth-order valence-electron chi connectivity index (χ4n) is 4.50. The molecule has 3 heterocycles. The molecule has 2 nitrogen and oxygen atoms in total. The molecule has 2 aliphatic rings. The van der Waals surface area contributed by atoms with Crippen molar-refractivity contribution in [3.63, 3.8) is 0 Å². The summed E-state index contributed by atoms with van der Waals surface area (Å²) in [6.07, 6.45) is 3.63. The molecule has 0 unspecified atom stereocenters. The molecule has 1 aliphatic carbocycles. The molecule has 132 valence electrons. The van der Waals surface area contributed by atoms with E-state index in [1.54, 1.807) is 0 Å². The third-order valence-corrected chi connectivity index (χ3v) is 6.99. The lowest BCUT2D eigenvalue weighted by Gasteiger charge is -2.23. The molecule has 0 spiro atoms. The van der Waals surface area contributed by atoms with Crippen LogP contribution in [0.15, 0.2) is 48.5 Å². The maximum atomic E-state index is 6.14. The minimum absolute atomic E-state index is 0.586. The van der Waals surface area contributed by atoms with Crippen molar-refractivity contribution in [2.24, 2.45) is 0 Å². The first-order valence-corrected chi connectivity index (χ1v) is 10.4. The topological polar surface area (TPSA) is 22.1 Å². The molecule has 0 amide bonds. The molecule has 3 heteroatoms. The summed E-state index contributed by atoms with van der Waals surface area (Å²) >= 11 is 1.89. The molecule has 0 atom stereocenters. The first kappa shape index (κ1) is 15.4. The third-order valence-electron chi connectivity index (χ3n) is 5.81. The summed E-state index contributed by atoms with van der Waals surface area (Å²) in [5, 5.41) is 1.37. The lowest BCUT2D eigenvalue weighted by atomic mass is 9.90. The Morgan fingerprint density at radius 1 is 0.963 bits per heavy atom. The van der Waals surface area contributed by atoms with Crippen LogP contribution in [0.1, 0.15) is 28.0 Å². The zero-order valence-corrected chi connectivity index (χ0v) is 16.0. The number of ether oxygens (including phenoxy) is 1. The van der Waals surface area contributed by atoms with Crippen LogP contribution in [0.4, 0.5) is 0 Å². The zero-order valence-electron chi connectivity index (χ0n) is 15.2. The van der Waals surface area contributed by atoms with Crippen LogP contribution in [0.25, 0.3) is 32.6 Å². The smallest absolute Gasteiger partial charge is 0.129 e. The Morgan fingerprint density at radius 2 is 1.81 bits per heavy atom. The minimum Gasteiger partial charge on any atom is -0.488 e. The van der Waals surface area contributed by atoms with Gasteiger partial charge < -0.3 is 4.74 Å². The summed E-state index contributed by atoms with van der Waals surface area (Å²) in [5.74, 6) is 0.941. The highest BCUT2D eigenvalue weighted by Gasteiger charge is 2.28. The molecule has 0 radical (unpaired) electrons. The highest BCUT2D eigenvalue weighted by atomic mass is 32.1. The van der Waals surface area contributed by atoms with Gasteiger partial charge in [-0.05, 0) is 49.4 Å². The second-order valence-electron chi connectivity index (χ2n) is 7.50. The maximum absolute atomic E-state index is 6.14. The third kappa shape index (κ3) is 2.21. The molecule has 0 saturated heterocycles. The first-order valence-electron chi connectivity index (χ1n) is 9.56. The predicted octanol–water partition coefficient (Wildman–Crippen LogP) is 6.32. The molecule has 2 aromatic heterocycles. The van der Waals surface area contributed by atoms with Crippen LogP contribution < -0.4 is 4.74 Å². The highest BCUT2D eigenvalue weighted by Crippen LogP contribution is 2.48. The van der Waals surface area contributed by atoms with Crippen molar-refractivity contribution in [3.8, 4) is 28.1 Å². The minimum atomic E-state index is 0.586. The van der Waals surface area contributed by atoms with Gasteiger partial charge in [-0.3, -0.25) is 0 Å². The number of hydrogen-bond donors (Lipinski definition) is 0. The van der Waals surface area contributed by atoms with Crippen molar-refractivity contribution in [1.82, 2.24) is 4.98 Å². The Hall–Kier alpha value is -2.65. The summed E-state index contributed by atoms with van der Waals surface area (Å²) in [6, 6.07) is 17.2. The number of fused-ring (bicyclic) bond motifs is 6. The summed E-state index contributed by atoms with van der Waals surface area (Å²) < 4.78 is 6.14. The molecular weight excluding hydrogens is 350 g/mol. The Balaban J connectivity index is 1.74. The van der Waals surface area contributed by atoms with Crippen molar-refractivity contribution in [2.75, 3.05) is 0 Å². The van der Waals surface area contributed by atoms with E-state index in [-0.39, 0.29) is 0 Å². The largest absolute Gasteiger partial charge is 0.488 e. The van der Waals surface area contributed by atoms with Crippen LogP contribution in [0.3, 0.4) is 0 Å². The SMILES string of the molecule is Cc1ccc(-c2c3c(nc4sc5c(c24)CCC5)-c2ccccc2OC3)cc1. The van der Waals surface area contributed by atoms with E-state index in [9.17, 15) is 0 Å². The van der Waals surface area contributed by atoms with Gasteiger partial charge in [0.2, 0.25) is 0 Å². The molecule has 2 aromatic carbocycles. The van der Waals surface area contributed by atoms with Gasteiger partial charge in [0.25, 0.3) is 0 Å². The normalized spacial score (nSPS) is 14.6. The van der Waals surface area contributed by atoms with Gasteiger partial charge in [-0.15, -0.1) is 11.3 Å². The van der Waals surface area contributed by atoms with Gasteiger partial charge in [0.15, 0.2) is 0 Å². The van der Waals surface area contributed by atoms with Crippen LogP contribution >= 0.6 is 11.3 Å². The number of benzene rings is 2. The van der Waals surface area contributed by atoms with Crippen LogP contribution in [0.2, 0.25) is 0 Å². The maximum Gasteiger partial charge on any atom is 0.129 e. The number of thiophene rings is 1. The number of pyridine rings is 1. The number of aryl methyl sites for hydroxylation is 3. The summed E-state index contributed by atoms with van der Waals surface area (Å²) in [7, 11) is 0. The second kappa shape index (κ2) is 5.67. The number of rotatable bonds is 1. The van der Waals surface area contributed by atoms with Gasteiger partial charge in [-0.2, -0.15) is 0 Å². The van der Waals surface area contributed by atoms with E-state index in [1.165, 1.54) is 62.2 Å². The average molecular weight is 369 g/mol. The second-order valence-corrected chi connectivity index (χ2v) is 8.59. The van der Waals surface area contributed by atoms with Crippen molar-refractivity contribution >= 4 is 21.6 Å². The molecule has 1 aliphatic heterocycles. The van der Waals surface area contributed by atoms with Crippen LogP contribution in [0, 0.1) is 6.92 Å². The predicted molar refractivity (Wildman–Crippen MR) is 112 cm³/mol. The van der Waals surface area contributed by atoms with E-state index in [1.807, 2.05) is 23.5 Å². The van der Waals surface area contributed by atoms with Crippen molar-refractivity contribution in [3.05, 3.63) is 70.1 Å². The number of hydrogen-bond acceptors (Lipinski definition) is 3. The monoisotopic (exact) mass is 369 g/mol. The van der Waals surface area contributed by atoms with Gasteiger partial charge in [0.1, 0.15) is 17.2 Å². The van der Waals surface area contributed by atoms with Crippen LogP contribution in [-0.2, 0) is 19.4 Å². The number of nitrogens with zero attached hydrogens (tertiary/aromatic N) is 1. The molecule has 4 aromatic rings. The van der Waals surface area contributed by atoms with Crippen molar-refractivity contribution in [1.29, 1.82) is 0 Å². The Kier molecular flexibility index (Phi) is 3.24. The first-order chi connectivity index (χ1) is 13.3. The molecular formula is C24H19NOS. The van der Waals surface area contributed by atoms with Gasteiger partial charge >= 0.3 is 0 Å². The van der Waals surface area contributed by atoms with Crippen molar-refractivity contribution in [2.45, 2.75) is 32.8 Å². The van der Waals surface area contributed by atoms with Crippen LogP contribution in [0.5, 0.6) is 5.75 Å². The molecule has 6 rings (SSSR count). The lowest BCUT2D eigenvalue weighted by molar-refractivity contribution is 0.302. The summed E-state index contributed by atoms with van der Waals surface area (Å²) in [6.45, 7) is 2.73. The molecule has 0 bridgehead atoms. The van der Waals surface area contributed by atoms with E-state index in [0.29, 0.717) is 6.61 Å². The van der Waals surface area contributed by atoms with E-state index < -0.39 is 0 Å². The Bertz CT molecular complexity index is 1200. The number of aromatic nitrogens is 1. The van der Waals surface area contributed by atoms with Gasteiger partial charge in [0.05, 0.1) is 5.69 Å². The highest BCUT2D eigenvalue weighted by molar-refractivity contribution is 7.19. The standard InChI is InChI=1S/C24H19NOS/c1-14-9-11-15(12-10-14)21-18-13-26-19-7-3-2-5-16(19)23(18)25-24-22(21)17-6-4-8-20(17)27-24/h2-3,5,7,9-12H,4,6,8,13H2,1H3.